The van der Waals surface area contributed by atoms with Gasteiger partial charge in [0.15, 0.2) is 5.11 Å². The molecule has 5 heteroatoms. The Bertz CT molecular complexity index is 799. The summed E-state index contributed by atoms with van der Waals surface area (Å²) in [4.78, 5) is 16.3. The summed E-state index contributed by atoms with van der Waals surface area (Å²) < 4.78 is 0. The Labute approximate surface area is 151 Å². The van der Waals surface area contributed by atoms with Gasteiger partial charge < -0.3 is 5.32 Å². The third-order valence-electron chi connectivity index (χ3n) is 3.71. The highest BCUT2D eigenvalue weighted by Gasteiger charge is 2.16. The summed E-state index contributed by atoms with van der Waals surface area (Å²) in [6.07, 6.45) is 3.47. The van der Waals surface area contributed by atoms with Crippen molar-refractivity contribution < 1.29 is 4.79 Å². The Morgan fingerprint density at radius 1 is 0.840 bits per heavy atom. The van der Waals surface area contributed by atoms with Crippen molar-refractivity contribution in [3.05, 3.63) is 102 Å². The van der Waals surface area contributed by atoms with Crippen molar-refractivity contribution in [2.75, 3.05) is 0 Å². The predicted molar refractivity (Wildman–Crippen MR) is 102 cm³/mol. The molecule has 0 fully saturated rings. The highest BCUT2D eigenvalue weighted by molar-refractivity contribution is 7.80. The van der Waals surface area contributed by atoms with Crippen LogP contribution in [0, 0.1) is 0 Å². The van der Waals surface area contributed by atoms with Crippen molar-refractivity contribution in [1.29, 1.82) is 0 Å². The van der Waals surface area contributed by atoms with Gasteiger partial charge in [-0.1, -0.05) is 48.5 Å². The molecule has 0 bridgehead atoms. The second-order valence-electron chi connectivity index (χ2n) is 5.42. The second-order valence-corrected chi connectivity index (χ2v) is 5.83. The molecule has 0 unspecified atom stereocenters. The van der Waals surface area contributed by atoms with E-state index in [0.29, 0.717) is 5.56 Å². The maximum Gasteiger partial charge on any atom is 0.257 e. The first-order valence-corrected chi connectivity index (χ1v) is 8.26. The fourth-order valence-corrected chi connectivity index (χ4v) is 2.70. The van der Waals surface area contributed by atoms with Crippen molar-refractivity contribution in [2.45, 2.75) is 6.04 Å². The SMILES string of the molecule is O=C(NC(=S)N[C@H](c1ccccc1)c1ccncc1)c1ccccc1. The lowest BCUT2D eigenvalue weighted by Gasteiger charge is -2.21. The molecule has 0 saturated heterocycles. The van der Waals surface area contributed by atoms with Gasteiger partial charge in [-0.25, -0.2) is 0 Å². The quantitative estimate of drug-likeness (QED) is 0.710. The summed E-state index contributed by atoms with van der Waals surface area (Å²) in [7, 11) is 0. The third kappa shape index (κ3) is 4.49. The van der Waals surface area contributed by atoms with Gasteiger partial charge in [-0.05, 0) is 47.6 Å². The van der Waals surface area contributed by atoms with Crippen LogP contribution in [-0.4, -0.2) is 16.0 Å². The lowest BCUT2D eigenvalue weighted by molar-refractivity contribution is 0.0976. The molecule has 0 aliphatic rings. The van der Waals surface area contributed by atoms with E-state index in [4.69, 9.17) is 12.2 Å². The largest absolute Gasteiger partial charge is 0.351 e. The molecule has 4 nitrogen and oxygen atoms in total. The molecule has 25 heavy (non-hydrogen) atoms. The average molecular weight is 347 g/mol. The van der Waals surface area contributed by atoms with E-state index in [-0.39, 0.29) is 17.1 Å². The van der Waals surface area contributed by atoms with Gasteiger partial charge in [0, 0.05) is 18.0 Å². The predicted octanol–water partition coefficient (Wildman–Crippen LogP) is 3.48. The topological polar surface area (TPSA) is 54.0 Å². The van der Waals surface area contributed by atoms with Crippen molar-refractivity contribution in [3.63, 3.8) is 0 Å². The zero-order valence-corrected chi connectivity index (χ0v) is 14.2. The summed E-state index contributed by atoms with van der Waals surface area (Å²) in [6.45, 7) is 0. The summed E-state index contributed by atoms with van der Waals surface area (Å²) in [5.74, 6) is -0.236. The van der Waals surface area contributed by atoms with Crippen molar-refractivity contribution in [1.82, 2.24) is 15.6 Å². The highest BCUT2D eigenvalue weighted by atomic mass is 32.1. The number of carbonyl (C=O) groups is 1. The number of benzene rings is 2. The molecular weight excluding hydrogens is 330 g/mol. The summed E-state index contributed by atoms with van der Waals surface area (Å²) >= 11 is 5.35. The zero-order valence-electron chi connectivity index (χ0n) is 13.4. The molecular formula is C20H17N3OS. The number of carbonyl (C=O) groups excluding carboxylic acids is 1. The van der Waals surface area contributed by atoms with Gasteiger partial charge in [0.05, 0.1) is 6.04 Å². The number of pyridine rings is 1. The van der Waals surface area contributed by atoms with Gasteiger partial charge in [0.25, 0.3) is 5.91 Å². The van der Waals surface area contributed by atoms with E-state index in [1.54, 1.807) is 24.5 Å². The van der Waals surface area contributed by atoms with E-state index >= 15 is 0 Å². The van der Waals surface area contributed by atoms with Crippen LogP contribution in [0.25, 0.3) is 0 Å². The molecule has 0 aliphatic heterocycles. The van der Waals surface area contributed by atoms with Gasteiger partial charge in [-0.15, -0.1) is 0 Å². The first-order chi connectivity index (χ1) is 12.2. The molecule has 0 spiro atoms. The van der Waals surface area contributed by atoms with E-state index in [9.17, 15) is 4.79 Å². The number of thiocarbonyl (C=S) groups is 1. The van der Waals surface area contributed by atoms with Crippen LogP contribution < -0.4 is 10.6 Å². The highest BCUT2D eigenvalue weighted by Crippen LogP contribution is 2.21. The monoisotopic (exact) mass is 347 g/mol. The molecule has 1 aromatic heterocycles. The molecule has 1 heterocycles. The molecule has 3 rings (SSSR count). The number of nitrogens with one attached hydrogen (secondary N) is 2. The van der Waals surface area contributed by atoms with Crippen LogP contribution in [0.4, 0.5) is 0 Å². The Kier molecular flexibility index (Phi) is 5.49. The Morgan fingerprint density at radius 3 is 2.04 bits per heavy atom. The number of amides is 1. The van der Waals surface area contributed by atoms with Crippen LogP contribution in [0.5, 0.6) is 0 Å². The fourth-order valence-electron chi connectivity index (χ4n) is 2.49. The fraction of sp³-hybridized carbons (Fsp3) is 0.0500. The first-order valence-electron chi connectivity index (χ1n) is 7.86. The number of aromatic nitrogens is 1. The normalized spacial score (nSPS) is 11.4. The number of hydrogen-bond donors (Lipinski definition) is 2. The van der Waals surface area contributed by atoms with Gasteiger partial charge in [0.2, 0.25) is 0 Å². The van der Waals surface area contributed by atoms with E-state index in [1.807, 2.05) is 60.7 Å². The Balaban J connectivity index is 1.76. The van der Waals surface area contributed by atoms with E-state index in [1.165, 1.54) is 0 Å². The smallest absolute Gasteiger partial charge is 0.257 e. The van der Waals surface area contributed by atoms with E-state index in [0.717, 1.165) is 11.1 Å². The molecule has 124 valence electrons. The third-order valence-corrected chi connectivity index (χ3v) is 3.93. The van der Waals surface area contributed by atoms with Crippen LogP contribution in [0.3, 0.4) is 0 Å². The van der Waals surface area contributed by atoms with Crippen LogP contribution in [0.2, 0.25) is 0 Å². The van der Waals surface area contributed by atoms with Gasteiger partial charge in [-0.2, -0.15) is 0 Å². The average Bonchev–Trinajstić information content (AvgIpc) is 2.68. The molecule has 1 amide bonds. The van der Waals surface area contributed by atoms with Crippen molar-refractivity contribution >= 4 is 23.2 Å². The minimum absolute atomic E-state index is 0.173. The maximum absolute atomic E-state index is 12.3. The minimum Gasteiger partial charge on any atom is -0.351 e. The molecule has 2 aromatic carbocycles. The Hall–Kier alpha value is -3.05. The second kappa shape index (κ2) is 8.17. The molecule has 0 radical (unpaired) electrons. The number of hydrogen-bond acceptors (Lipinski definition) is 3. The summed E-state index contributed by atoms with van der Waals surface area (Å²) in [5, 5.41) is 6.23. The first kappa shape index (κ1) is 16.8. The van der Waals surface area contributed by atoms with Crippen molar-refractivity contribution in [3.8, 4) is 0 Å². The number of nitrogens with zero attached hydrogens (tertiary/aromatic N) is 1. The lowest BCUT2D eigenvalue weighted by atomic mass is 10.00. The lowest BCUT2D eigenvalue weighted by Crippen LogP contribution is -2.41. The molecule has 1 atom stereocenters. The standard InChI is InChI=1S/C20H17N3OS/c24-19(17-9-5-2-6-10-17)23-20(25)22-18(15-7-3-1-4-8-15)16-11-13-21-14-12-16/h1-14,18H,(H2,22,23,24,25)/t18-/m1/s1. The van der Waals surface area contributed by atoms with Crippen LogP contribution in [0.1, 0.15) is 27.5 Å². The van der Waals surface area contributed by atoms with Crippen LogP contribution in [0.15, 0.2) is 85.2 Å². The van der Waals surface area contributed by atoms with Gasteiger partial charge >= 0.3 is 0 Å². The van der Waals surface area contributed by atoms with Crippen LogP contribution in [-0.2, 0) is 0 Å². The Morgan fingerprint density at radius 2 is 1.40 bits per heavy atom. The summed E-state index contributed by atoms with van der Waals surface area (Å²) in [5.41, 5.74) is 2.62. The van der Waals surface area contributed by atoms with Gasteiger partial charge in [-0.3, -0.25) is 15.1 Å². The van der Waals surface area contributed by atoms with E-state index in [2.05, 4.69) is 15.6 Å². The zero-order chi connectivity index (χ0) is 17.5. The number of rotatable bonds is 4. The summed E-state index contributed by atoms with van der Waals surface area (Å²) in [6, 6.07) is 22.6. The molecule has 0 aliphatic carbocycles. The minimum atomic E-state index is -0.236. The van der Waals surface area contributed by atoms with Crippen LogP contribution >= 0.6 is 12.2 Å². The molecule has 2 N–H and O–H groups in total. The molecule has 3 aromatic rings. The molecule has 0 saturated carbocycles. The van der Waals surface area contributed by atoms with Gasteiger partial charge in [0.1, 0.15) is 0 Å². The maximum atomic E-state index is 12.3. The van der Waals surface area contributed by atoms with E-state index < -0.39 is 0 Å². The van der Waals surface area contributed by atoms with Crippen molar-refractivity contribution in [2.24, 2.45) is 0 Å².